The van der Waals surface area contributed by atoms with Crippen LogP contribution in [0.15, 0.2) is 30.3 Å². The lowest BCUT2D eigenvalue weighted by atomic mass is 9.95. The average molecular weight is 464 g/mol. The molecule has 1 aromatic heterocycles. The predicted molar refractivity (Wildman–Crippen MR) is 137 cm³/mol. The van der Waals surface area contributed by atoms with Crippen molar-refractivity contribution in [1.29, 1.82) is 0 Å². The Kier molecular flexibility index (Phi) is 7.15. The normalized spacial score (nSPS) is 11.2. The van der Waals surface area contributed by atoms with Gasteiger partial charge in [0.2, 0.25) is 0 Å². The molecule has 0 unspecified atom stereocenters. The first-order chi connectivity index (χ1) is 16.6. The van der Waals surface area contributed by atoms with Crippen LogP contribution in [0.25, 0.3) is 32.4 Å². The number of hydrogen-bond donors (Lipinski definition) is 0. The lowest BCUT2D eigenvalue weighted by molar-refractivity contribution is 0.288. The number of fused-ring (bicyclic) bond motifs is 6. The van der Waals surface area contributed by atoms with Crippen LogP contribution in [0.4, 0.5) is 0 Å². The van der Waals surface area contributed by atoms with Crippen molar-refractivity contribution in [3.63, 3.8) is 0 Å². The zero-order valence-electron chi connectivity index (χ0n) is 20.9. The molecular formula is C28H33NO5. The zero-order valence-corrected chi connectivity index (χ0v) is 20.9. The van der Waals surface area contributed by atoms with Gasteiger partial charge in [-0.3, -0.25) is 0 Å². The number of benzene rings is 3. The highest BCUT2D eigenvalue weighted by molar-refractivity contribution is 6.25. The van der Waals surface area contributed by atoms with Gasteiger partial charge in [0, 0.05) is 10.8 Å². The fraction of sp³-hybridized carbons (Fsp3) is 0.393. The van der Waals surface area contributed by atoms with E-state index < -0.39 is 0 Å². The van der Waals surface area contributed by atoms with E-state index in [0.29, 0.717) is 50.3 Å². The number of aryl methyl sites for hydroxylation is 1. The Bertz CT molecular complexity index is 1290. The number of hydrogen-bond acceptors (Lipinski definition) is 6. The smallest absolute Gasteiger partial charge is 0.161 e. The van der Waals surface area contributed by atoms with Crippen LogP contribution in [-0.4, -0.2) is 38.0 Å². The van der Waals surface area contributed by atoms with Crippen molar-refractivity contribution in [2.75, 3.05) is 33.0 Å². The van der Waals surface area contributed by atoms with Crippen molar-refractivity contribution in [3.8, 4) is 28.7 Å². The largest absolute Gasteiger partial charge is 0.492 e. The van der Waals surface area contributed by atoms with Crippen LogP contribution in [0.5, 0.6) is 28.7 Å². The summed E-state index contributed by atoms with van der Waals surface area (Å²) < 4.78 is 29.7. The summed E-state index contributed by atoms with van der Waals surface area (Å²) in [5.41, 5.74) is 1.73. The van der Waals surface area contributed by atoms with Gasteiger partial charge in [-0.2, -0.15) is 0 Å². The van der Waals surface area contributed by atoms with Crippen molar-refractivity contribution >= 4 is 32.4 Å². The van der Waals surface area contributed by atoms with Gasteiger partial charge in [-0.15, -0.1) is 0 Å². The molecule has 0 saturated heterocycles. The highest BCUT2D eigenvalue weighted by Gasteiger charge is 2.19. The summed E-state index contributed by atoms with van der Waals surface area (Å²) in [6, 6.07) is 10.3. The molecule has 0 N–H and O–H groups in total. The van der Waals surface area contributed by atoms with Gasteiger partial charge < -0.3 is 23.7 Å². The molecule has 0 aliphatic heterocycles. The zero-order chi connectivity index (χ0) is 24.2. The summed E-state index contributed by atoms with van der Waals surface area (Å²) in [6.45, 7) is 14.6. The minimum absolute atomic E-state index is 0.546. The van der Waals surface area contributed by atoms with E-state index in [1.54, 1.807) is 0 Å². The predicted octanol–water partition coefficient (Wildman–Crippen LogP) is 6.84. The van der Waals surface area contributed by atoms with Gasteiger partial charge in [-0.1, -0.05) is 0 Å². The molecule has 0 aliphatic carbocycles. The maximum absolute atomic E-state index is 5.96. The molecule has 0 bridgehead atoms. The Hall–Kier alpha value is -3.41. The molecule has 0 saturated carbocycles. The Balaban J connectivity index is 2.19. The molecule has 6 heteroatoms. The van der Waals surface area contributed by atoms with Gasteiger partial charge in [0.05, 0.1) is 44.2 Å². The Labute approximate surface area is 200 Å². The van der Waals surface area contributed by atoms with Gasteiger partial charge in [0.25, 0.3) is 0 Å². The highest BCUT2D eigenvalue weighted by atomic mass is 16.5. The Morgan fingerprint density at radius 2 is 0.765 bits per heavy atom. The topological polar surface area (TPSA) is 59.0 Å². The second-order valence-corrected chi connectivity index (χ2v) is 7.82. The monoisotopic (exact) mass is 463 g/mol. The molecule has 34 heavy (non-hydrogen) atoms. The van der Waals surface area contributed by atoms with Crippen molar-refractivity contribution in [1.82, 2.24) is 4.98 Å². The third kappa shape index (κ3) is 4.25. The van der Waals surface area contributed by atoms with E-state index in [0.717, 1.165) is 49.6 Å². The summed E-state index contributed by atoms with van der Waals surface area (Å²) >= 11 is 0. The quantitative estimate of drug-likeness (QED) is 0.240. The first kappa shape index (κ1) is 23.7. The third-order valence-electron chi connectivity index (χ3n) is 5.67. The van der Waals surface area contributed by atoms with Crippen molar-refractivity contribution in [2.45, 2.75) is 41.5 Å². The minimum atomic E-state index is 0.546. The van der Waals surface area contributed by atoms with Crippen molar-refractivity contribution < 1.29 is 23.7 Å². The van der Waals surface area contributed by atoms with Crippen LogP contribution in [0.1, 0.15) is 40.3 Å². The van der Waals surface area contributed by atoms with E-state index in [-0.39, 0.29) is 0 Å². The molecule has 0 fully saturated rings. The molecule has 0 radical (unpaired) electrons. The second-order valence-electron chi connectivity index (χ2n) is 7.82. The van der Waals surface area contributed by atoms with E-state index >= 15 is 0 Å². The summed E-state index contributed by atoms with van der Waals surface area (Å²) in [4.78, 5) is 4.99. The standard InChI is InChI=1S/C28H33NO5/c1-7-30-23-15-21-19-13-25(32-9-3)24(31-8-2)12-18(19)20-14-26(33-10-4)27(34-11-5)16-22(20)28(21)29-17(23)6/h12-16H,7-11H2,1-6H3. The van der Waals surface area contributed by atoms with Crippen LogP contribution < -0.4 is 23.7 Å². The van der Waals surface area contributed by atoms with Gasteiger partial charge in [-0.05, 0) is 88.0 Å². The van der Waals surface area contributed by atoms with Crippen LogP contribution in [-0.2, 0) is 0 Å². The molecule has 3 aromatic carbocycles. The first-order valence-electron chi connectivity index (χ1n) is 12.1. The number of aromatic nitrogens is 1. The minimum Gasteiger partial charge on any atom is -0.492 e. The Morgan fingerprint density at radius 3 is 1.15 bits per heavy atom. The summed E-state index contributed by atoms with van der Waals surface area (Å²) in [5, 5.41) is 5.06. The molecule has 4 aromatic rings. The average Bonchev–Trinajstić information content (AvgIpc) is 2.82. The summed E-state index contributed by atoms with van der Waals surface area (Å²) in [7, 11) is 0. The lowest BCUT2D eigenvalue weighted by Crippen LogP contribution is -2.01. The van der Waals surface area contributed by atoms with E-state index in [1.807, 2.05) is 47.6 Å². The molecule has 1 heterocycles. The molecule has 4 rings (SSSR count). The number of rotatable bonds is 10. The van der Waals surface area contributed by atoms with Gasteiger partial charge in [0.1, 0.15) is 5.75 Å². The number of ether oxygens (including phenoxy) is 5. The number of nitrogens with zero attached hydrogens (tertiary/aromatic N) is 1. The van der Waals surface area contributed by atoms with Gasteiger partial charge in [0.15, 0.2) is 23.0 Å². The van der Waals surface area contributed by atoms with Crippen LogP contribution in [0, 0.1) is 6.92 Å². The molecular weight excluding hydrogens is 430 g/mol. The van der Waals surface area contributed by atoms with Gasteiger partial charge in [-0.25, -0.2) is 4.98 Å². The second kappa shape index (κ2) is 10.2. The SMILES string of the molecule is CCOc1cc2c3cc(OCC)c(OCC)cc3c3nc(C)c(OCC)cc3c2cc1OCC. The van der Waals surface area contributed by atoms with Crippen LogP contribution in [0.2, 0.25) is 0 Å². The van der Waals surface area contributed by atoms with E-state index in [2.05, 4.69) is 24.3 Å². The molecule has 0 aliphatic rings. The maximum atomic E-state index is 5.96. The summed E-state index contributed by atoms with van der Waals surface area (Å²) in [5.74, 6) is 3.63. The van der Waals surface area contributed by atoms with Gasteiger partial charge >= 0.3 is 0 Å². The third-order valence-corrected chi connectivity index (χ3v) is 5.67. The van der Waals surface area contributed by atoms with E-state index in [4.69, 9.17) is 28.7 Å². The molecule has 0 spiro atoms. The Morgan fingerprint density at radius 1 is 0.471 bits per heavy atom. The molecule has 6 nitrogen and oxygen atoms in total. The first-order valence-corrected chi connectivity index (χ1v) is 12.1. The van der Waals surface area contributed by atoms with Crippen molar-refractivity contribution in [3.05, 3.63) is 36.0 Å². The van der Waals surface area contributed by atoms with Crippen LogP contribution >= 0.6 is 0 Å². The fourth-order valence-electron chi connectivity index (χ4n) is 4.36. The van der Waals surface area contributed by atoms with Crippen LogP contribution in [0.3, 0.4) is 0 Å². The molecule has 180 valence electrons. The molecule has 0 atom stereocenters. The number of pyridine rings is 1. The maximum Gasteiger partial charge on any atom is 0.161 e. The summed E-state index contributed by atoms with van der Waals surface area (Å²) in [6.07, 6.45) is 0. The fourth-order valence-corrected chi connectivity index (χ4v) is 4.36. The van der Waals surface area contributed by atoms with E-state index in [9.17, 15) is 0 Å². The highest BCUT2D eigenvalue weighted by Crippen LogP contribution is 2.45. The van der Waals surface area contributed by atoms with E-state index in [1.165, 1.54) is 0 Å². The van der Waals surface area contributed by atoms with Crippen molar-refractivity contribution in [2.24, 2.45) is 0 Å². The lowest BCUT2D eigenvalue weighted by Gasteiger charge is -2.18. The molecule has 0 amide bonds.